The average molecular weight is 363 g/mol. The minimum Gasteiger partial charge on any atom is -0.395 e. The van der Waals surface area contributed by atoms with Crippen molar-refractivity contribution in [1.29, 1.82) is 0 Å². The number of ether oxygens (including phenoxy) is 1. The molecule has 1 aliphatic heterocycles. The Morgan fingerprint density at radius 2 is 1.84 bits per heavy atom. The maximum absolute atomic E-state index is 13.1. The summed E-state index contributed by atoms with van der Waals surface area (Å²) in [7, 11) is -3.69. The van der Waals surface area contributed by atoms with Gasteiger partial charge in [-0.05, 0) is 50.1 Å². The van der Waals surface area contributed by atoms with Crippen molar-refractivity contribution < 1.29 is 18.3 Å². The molecule has 1 N–H and O–H groups in total. The molecular weight excluding hydrogens is 338 g/mol. The lowest BCUT2D eigenvalue weighted by molar-refractivity contribution is -0.0527. The van der Waals surface area contributed by atoms with Crippen LogP contribution in [0.2, 0.25) is 0 Å². The first-order chi connectivity index (χ1) is 11.7. The molecule has 2 aromatic carbocycles. The Morgan fingerprint density at radius 3 is 2.48 bits per heavy atom. The molecule has 0 radical (unpaired) electrons. The van der Waals surface area contributed by atoms with Gasteiger partial charge < -0.3 is 9.84 Å². The minimum atomic E-state index is -3.69. The van der Waals surface area contributed by atoms with E-state index in [9.17, 15) is 13.5 Å². The molecule has 0 aromatic heterocycles. The van der Waals surface area contributed by atoms with Crippen LogP contribution in [0, 0.1) is 0 Å². The number of rotatable bonds is 4. The highest BCUT2D eigenvalue weighted by atomic mass is 32.2. The molecular formula is C19H25NO4S. The Hall–Kier alpha value is -1.47. The van der Waals surface area contributed by atoms with Crippen LogP contribution in [-0.4, -0.2) is 48.7 Å². The van der Waals surface area contributed by atoms with Gasteiger partial charge in [-0.25, -0.2) is 8.42 Å². The largest absolute Gasteiger partial charge is 0.395 e. The summed E-state index contributed by atoms with van der Waals surface area (Å²) in [5, 5.41) is 11.5. The number of hydrogen-bond acceptors (Lipinski definition) is 4. The molecule has 0 bridgehead atoms. The molecule has 1 aliphatic rings. The molecule has 1 heterocycles. The van der Waals surface area contributed by atoms with Gasteiger partial charge in [0.1, 0.15) is 0 Å². The normalized spacial score (nSPS) is 22.6. The SMILES string of the molecule is CC(C)(C)OC1CC(CO)N(S(=O)(=O)c2ccc3ccccc3c2)C1. The predicted molar refractivity (Wildman–Crippen MR) is 98.0 cm³/mol. The standard InChI is InChI=1S/C19H25NO4S/c1-19(2,3)24-17-11-16(13-21)20(12-17)25(22,23)18-9-8-14-6-4-5-7-15(14)10-18/h4-10,16-17,21H,11-13H2,1-3H3. The van der Waals surface area contributed by atoms with Crippen molar-refractivity contribution in [3.8, 4) is 0 Å². The molecule has 0 spiro atoms. The average Bonchev–Trinajstić information content (AvgIpc) is 2.96. The fourth-order valence-electron chi connectivity index (χ4n) is 3.35. The Kier molecular flexibility index (Phi) is 4.90. The fourth-order valence-corrected chi connectivity index (χ4v) is 5.05. The molecule has 25 heavy (non-hydrogen) atoms. The third-order valence-electron chi connectivity index (χ3n) is 4.38. The van der Waals surface area contributed by atoms with E-state index >= 15 is 0 Å². The summed E-state index contributed by atoms with van der Waals surface area (Å²) in [4.78, 5) is 0.251. The lowest BCUT2D eigenvalue weighted by atomic mass is 10.1. The predicted octanol–water partition coefficient (Wildman–Crippen LogP) is 2.78. The highest BCUT2D eigenvalue weighted by Crippen LogP contribution is 2.30. The van der Waals surface area contributed by atoms with Gasteiger partial charge in [-0.1, -0.05) is 30.3 Å². The maximum Gasteiger partial charge on any atom is 0.243 e. The van der Waals surface area contributed by atoms with Crippen molar-refractivity contribution in [3.63, 3.8) is 0 Å². The highest BCUT2D eigenvalue weighted by molar-refractivity contribution is 7.89. The van der Waals surface area contributed by atoms with Crippen molar-refractivity contribution in [2.24, 2.45) is 0 Å². The number of sulfonamides is 1. The first-order valence-corrected chi connectivity index (χ1v) is 9.94. The highest BCUT2D eigenvalue weighted by Gasteiger charge is 2.41. The summed E-state index contributed by atoms with van der Waals surface area (Å²) < 4.78 is 33.6. The molecule has 1 saturated heterocycles. The van der Waals surface area contributed by atoms with Crippen molar-refractivity contribution in [2.75, 3.05) is 13.2 Å². The molecule has 2 aromatic rings. The van der Waals surface area contributed by atoms with E-state index in [2.05, 4.69) is 0 Å². The summed E-state index contributed by atoms with van der Waals surface area (Å²) in [6.07, 6.45) is 0.285. The number of nitrogens with zero attached hydrogens (tertiary/aromatic N) is 1. The second-order valence-corrected chi connectivity index (χ2v) is 9.40. The van der Waals surface area contributed by atoms with Crippen LogP contribution in [0.25, 0.3) is 10.8 Å². The molecule has 0 amide bonds. The third-order valence-corrected chi connectivity index (χ3v) is 6.30. The summed E-state index contributed by atoms with van der Waals surface area (Å²) >= 11 is 0. The zero-order valence-corrected chi connectivity index (χ0v) is 15.7. The van der Waals surface area contributed by atoms with Gasteiger partial charge in [0, 0.05) is 6.54 Å². The van der Waals surface area contributed by atoms with E-state index in [-0.39, 0.29) is 29.8 Å². The van der Waals surface area contributed by atoms with E-state index < -0.39 is 16.1 Å². The Balaban J connectivity index is 1.91. The zero-order chi connectivity index (χ0) is 18.2. The molecule has 3 rings (SSSR count). The number of hydrogen-bond donors (Lipinski definition) is 1. The molecule has 5 nitrogen and oxygen atoms in total. The lowest BCUT2D eigenvalue weighted by Gasteiger charge is -2.25. The van der Waals surface area contributed by atoms with Gasteiger partial charge in [0.15, 0.2) is 0 Å². The Morgan fingerprint density at radius 1 is 1.16 bits per heavy atom. The van der Waals surface area contributed by atoms with Crippen LogP contribution in [0.4, 0.5) is 0 Å². The summed E-state index contributed by atoms with van der Waals surface area (Å²) in [5.74, 6) is 0. The minimum absolute atomic E-state index is 0.211. The van der Waals surface area contributed by atoms with Crippen molar-refractivity contribution in [1.82, 2.24) is 4.31 Å². The van der Waals surface area contributed by atoms with Gasteiger partial charge in [-0.2, -0.15) is 4.31 Å². The van der Waals surface area contributed by atoms with Gasteiger partial charge >= 0.3 is 0 Å². The van der Waals surface area contributed by atoms with Crippen LogP contribution < -0.4 is 0 Å². The van der Waals surface area contributed by atoms with E-state index in [4.69, 9.17) is 4.74 Å². The first kappa shape index (κ1) is 18.3. The van der Waals surface area contributed by atoms with Crippen LogP contribution in [0.3, 0.4) is 0 Å². The number of fused-ring (bicyclic) bond motifs is 1. The van der Waals surface area contributed by atoms with E-state index in [1.165, 1.54) is 4.31 Å². The van der Waals surface area contributed by atoms with Crippen LogP contribution in [0.5, 0.6) is 0 Å². The second-order valence-electron chi connectivity index (χ2n) is 7.51. The van der Waals surface area contributed by atoms with Crippen LogP contribution >= 0.6 is 0 Å². The molecule has 1 fully saturated rings. The van der Waals surface area contributed by atoms with Crippen LogP contribution in [0.1, 0.15) is 27.2 Å². The lowest BCUT2D eigenvalue weighted by Crippen LogP contribution is -2.38. The topological polar surface area (TPSA) is 66.8 Å². The summed E-state index contributed by atoms with van der Waals surface area (Å²) in [5.41, 5.74) is -0.354. The van der Waals surface area contributed by atoms with Crippen molar-refractivity contribution in [2.45, 2.75) is 49.8 Å². The molecule has 0 saturated carbocycles. The van der Waals surface area contributed by atoms with Crippen LogP contribution in [0.15, 0.2) is 47.4 Å². The smallest absolute Gasteiger partial charge is 0.243 e. The molecule has 2 unspecified atom stereocenters. The first-order valence-electron chi connectivity index (χ1n) is 8.50. The summed E-state index contributed by atoms with van der Waals surface area (Å²) in [6.45, 7) is 5.89. The van der Waals surface area contributed by atoms with E-state index in [0.29, 0.717) is 6.42 Å². The Labute approximate surface area is 149 Å². The number of benzene rings is 2. The van der Waals surface area contributed by atoms with Gasteiger partial charge in [0.05, 0.1) is 29.2 Å². The van der Waals surface area contributed by atoms with Gasteiger partial charge in [0.2, 0.25) is 10.0 Å². The van der Waals surface area contributed by atoms with E-state index in [1.54, 1.807) is 12.1 Å². The van der Waals surface area contributed by atoms with Gasteiger partial charge in [0.25, 0.3) is 0 Å². The zero-order valence-electron chi connectivity index (χ0n) is 14.8. The number of aliphatic hydroxyl groups is 1. The molecule has 0 aliphatic carbocycles. The van der Waals surface area contributed by atoms with Gasteiger partial charge in [-0.15, -0.1) is 0 Å². The monoisotopic (exact) mass is 363 g/mol. The maximum atomic E-state index is 13.1. The van der Waals surface area contributed by atoms with Crippen molar-refractivity contribution in [3.05, 3.63) is 42.5 Å². The second kappa shape index (κ2) is 6.68. The number of aliphatic hydroxyl groups excluding tert-OH is 1. The quantitative estimate of drug-likeness (QED) is 0.907. The third kappa shape index (κ3) is 3.87. The molecule has 6 heteroatoms. The van der Waals surface area contributed by atoms with Crippen molar-refractivity contribution >= 4 is 20.8 Å². The molecule has 136 valence electrons. The molecule has 2 atom stereocenters. The van der Waals surface area contributed by atoms with E-state index in [0.717, 1.165) is 10.8 Å². The fraction of sp³-hybridized carbons (Fsp3) is 0.474. The van der Waals surface area contributed by atoms with Gasteiger partial charge in [-0.3, -0.25) is 0 Å². The summed E-state index contributed by atoms with van der Waals surface area (Å²) in [6, 6.07) is 12.3. The van der Waals surface area contributed by atoms with E-state index in [1.807, 2.05) is 51.1 Å². The van der Waals surface area contributed by atoms with Crippen LogP contribution in [-0.2, 0) is 14.8 Å². The Bertz CT molecular complexity index is 857.